The van der Waals surface area contributed by atoms with Gasteiger partial charge in [0.2, 0.25) is 0 Å². The predicted octanol–water partition coefficient (Wildman–Crippen LogP) is 2.21. The lowest BCUT2D eigenvalue weighted by Crippen LogP contribution is -2.34. The number of hydrogen-bond donors (Lipinski definition) is 0. The first-order valence-electron chi connectivity index (χ1n) is 7.62. The number of hydrogen-bond acceptors (Lipinski definition) is 4. The summed E-state index contributed by atoms with van der Waals surface area (Å²) < 4.78 is 5.73. The Kier molecular flexibility index (Phi) is 5.60. The minimum Gasteiger partial charge on any atom is -0.492 e. The van der Waals surface area contributed by atoms with Crippen molar-refractivity contribution in [2.24, 2.45) is 5.92 Å². The van der Waals surface area contributed by atoms with Gasteiger partial charge in [0, 0.05) is 25.7 Å². The molecule has 1 aromatic rings. The van der Waals surface area contributed by atoms with Crippen molar-refractivity contribution in [2.45, 2.75) is 19.4 Å². The van der Waals surface area contributed by atoms with Gasteiger partial charge in [0.15, 0.2) is 0 Å². The highest BCUT2D eigenvalue weighted by atomic mass is 16.5. The summed E-state index contributed by atoms with van der Waals surface area (Å²) in [5.41, 5.74) is 0.611. The second-order valence-corrected chi connectivity index (χ2v) is 6.08. The first-order chi connectivity index (χ1) is 10.1. The van der Waals surface area contributed by atoms with E-state index in [4.69, 9.17) is 10.00 Å². The van der Waals surface area contributed by atoms with Crippen LogP contribution in [0.4, 0.5) is 0 Å². The lowest BCUT2D eigenvalue weighted by molar-refractivity contribution is 0.238. The molecular weight excluding hydrogens is 262 g/mol. The average molecular weight is 287 g/mol. The molecule has 2 atom stereocenters. The van der Waals surface area contributed by atoms with Crippen molar-refractivity contribution in [1.82, 2.24) is 9.80 Å². The average Bonchev–Trinajstić information content (AvgIpc) is 2.85. The van der Waals surface area contributed by atoms with Crippen LogP contribution in [-0.2, 0) is 0 Å². The van der Waals surface area contributed by atoms with E-state index in [0.29, 0.717) is 24.0 Å². The molecule has 0 radical (unpaired) electrons. The van der Waals surface area contributed by atoms with Crippen molar-refractivity contribution < 1.29 is 4.74 Å². The van der Waals surface area contributed by atoms with E-state index in [1.807, 2.05) is 18.2 Å². The summed E-state index contributed by atoms with van der Waals surface area (Å²) in [5, 5.41) is 9.01. The second-order valence-electron chi connectivity index (χ2n) is 6.08. The number of likely N-dealkylation sites (tertiary alicyclic amines) is 1. The molecule has 114 valence electrons. The number of nitrogens with zero attached hydrogens (tertiary/aromatic N) is 3. The number of rotatable bonds is 6. The summed E-state index contributed by atoms with van der Waals surface area (Å²) in [7, 11) is 4.32. The molecule has 2 unspecified atom stereocenters. The molecule has 0 saturated carbocycles. The monoisotopic (exact) mass is 287 g/mol. The largest absolute Gasteiger partial charge is 0.492 e. The Morgan fingerprint density at radius 1 is 1.33 bits per heavy atom. The molecule has 1 aliphatic rings. The van der Waals surface area contributed by atoms with Gasteiger partial charge in [-0.25, -0.2) is 0 Å². The molecule has 1 aliphatic heterocycles. The first-order valence-corrected chi connectivity index (χ1v) is 7.62. The summed E-state index contributed by atoms with van der Waals surface area (Å²) >= 11 is 0. The Balaban J connectivity index is 1.72. The summed E-state index contributed by atoms with van der Waals surface area (Å²) in [5.74, 6) is 1.42. The fraction of sp³-hybridized carbons (Fsp3) is 0.588. The number of likely N-dealkylation sites (N-methyl/N-ethyl adjacent to an activating group) is 1. The van der Waals surface area contributed by atoms with Crippen LogP contribution in [-0.4, -0.2) is 56.2 Å². The lowest BCUT2D eigenvalue weighted by atomic mass is 10.1. The van der Waals surface area contributed by atoms with Gasteiger partial charge in [0.05, 0.1) is 12.2 Å². The van der Waals surface area contributed by atoms with Crippen LogP contribution in [0.2, 0.25) is 0 Å². The van der Waals surface area contributed by atoms with Crippen molar-refractivity contribution in [3.63, 3.8) is 0 Å². The van der Waals surface area contributed by atoms with E-state index in [1.165, 1.54) is 0 Å². The highest BCUT2D eigenvalue weighted by Crippen LogP contribution is 2.20. The summed E-state index contributed by atoms with van der Waals surface area (Å²) in [6, 6.07) is 10.2. The third-order valence-corrected chi connectivity index (χ3v) is 4.20. The van der Waals surface area contributed by atoms with E-state index in [-0.39, 0.29) is 0 Å². The molecule has 2 rings (SSSR count). The van der Waals surface area contributed by atoms with Crippen molar-refractivity contribution in [3.05, 3.63) is 29.8 Å². The zero-order valence-electron chi connectivity index (χ0n) is 13.2. The van der Waals surface area contributed by atoms with Gasteiger partial charge in [-0.3, -0.25) is 0 Å². The molecule has 0 N–H and O–H groups in total. The molecule has 1 saturated heterocycles. The Hall–Kier alpha value is -1.57. The van der Waals surface area contributed by atoms with Gasteiger partial charge in [-0.2, -0.15) is 5.26 Å². The standard InChI is InChI=1S/C17H25N3O/c1-14-12-20(13-16(14)19(2)3)9-6-10-21-17-8-5-4-7-15(17)11-18/h4-5,7-8,14,16H,6,9-10,12-13H2,1-3H3. The zero-order chi connectivity index (χ0) is 15.2. The van der Waals surface area contributed by atoms with E-state index in [0.717, 1.165) is 32.0 Å². The number of para-hydroxylation sites is 1. The van der Waals surface area contributed by atoms with E-state index in [9.17, 15) is 0 Å². The molecule has 1 fully saturated rings. The van der Waals surface area contributed by atoms with Crippen molar-refractivity contribution in [2.75, 3.05) is 40.3 Å². The maximum atomic E-state index is 9.01. The van der Waals surface area contributed by atoms with Crippen LogP contribution in [0.15, 0.2) is 24.3 Å². The second kappa shape index (κ2) is 7.44. The fourth-order valence-electron chi connectivity index (χ4n) is 3.06. The Bertz CT molecular complexity index is 495. The maximum absolute atomic E-state index is 9.01. The zero-order valence-corrected chi connectivity index (χ0v) is 13.2. The minimum atomic E-state index is 0.611. The molecule has 1 heterocycles. The molecule has 21 heavy (non-hydrogen) atoms. The van der Waals surface area contributed by atoms with Crippen molar-refractivity contribution in [1.29, 1.82) is 5.26 Å². The smallest absolute Gasteiger partial charge is 0.137 e. The molecule has 4 heteroatoms. The molecule has 0 aromatic heterocycles. The van der Waals surface area contributed by atoms with Crippen molar-refractivity contribution >= 4 is 0 Å². The molecule has 0 spiro atoms. The normalized spacial score (nSPS) is 22.4. The van der Waals surface area contributed by atoms with Crippen LogP contribution in [0.3, 0.4) is 0 Å². The quantitative estimate of drug-likeness (QED) is 0.752. The molecule has 1 aromatic carbocycles. The topological polar surface area (TPSA) is 39.5 Å². The van der Waals surface area contributed by atoms with Gasteiger partial charge in [-0.05, 0) is 38.6 Å². The molecular formula is C17H25N3O. The van der Waals surface area contributed by atoms with Gasteiger partial charge in [0.1, 0.15) is 11.8 Å². The Labute approximate surface area is 127 Å². The molecule has 0 aliphatic carbocycles. The molecule has 4 nitrogen and oxygen atoms in total. The molecule has 0 bridgehead atoms. The Morgan fingerprint density at radius 3 is 2.76 bits per heavy atom. The van der Waals surface area contributed by atoms with Crippen LogP contribution >= 0.6 is 0 Å². The number of nitriles is 1. The van der Waals surface area contributed by atoms with Crippen LogP contribution in [0.1, 0.15) is 18.9 Å². The third kappa shape index (κ3) is 4.20. The first kappa shape index (κ1) is 15.8. The van der Waals surface area contributed by atoms with Gasteiger partial charge in [-0.1, -0.05) is 19.1 Å². The lowest BCUT2D eigenvalue weighted by Gasteiger charge is -2.22. The molecule has 0 amide bonds. The highest BCUT2D eigenvalue weighted by molar-refractivity contribution is 5.42. The minimum absolute atomic E-state index is 0.611. The van der Waals surface area contributed by atoms with Crippen LogP contribution in [0.25, 0.3) is 0 Å². The maximum Gasteiger partial charge on any atom is 0.137 e. The third-order valence-electron chi connectivity index (χ3n) is 4.20. The SMILES string of the molecule is CC1CN(CCCOc2ccccc2C#N)CC1N(C)C. The predicted molar refractivity (Wildman–Crippen MR) is 84.3 cm³/mol. The van der Waals surface area contributed by atoms with E-state index in [2.05, 4.69) is 36.9 Å². The number of benzene rings is 1. The van der Waals surface area contributed by atoms with Gasteiger partial charge < -0.3 is 14.5 Å². The van der Waals surface area contributed by atoms with Gasteiger partial charge >= 0.3 is 0 Å². The van der Waals surface area contributed by atoms with Crippen LogP contribution in [0, 0.1) is 17.2 Å². The van der Waals surface area contributed by atoms with Crippen LogP contribution < -0.4 is 4.74 Å². The van der Waals surface area contributed by atoms with E-state index >= 15 is 0 Å². The van der Waals surface area contributed by atoms with Gasteiger partial charge in [-0.15, -0.1) is 0 Å². The van der Waals surface area contributed by atoms with E-state index < -0.39 is 0 Å². The highest BCUT2D eigenvalue weighted by Gasteiger charge is 2.30. The van der Waals surface area contributed by atoms with E-state index in [1.54, 1.807) is 6.07 Å². The summed E-state index contributed by atoms with van der Waals surface area (Å²) in [6.45, 7) is 6.35. The van der Waals surface area contributed by atoms with Gasteiger partial charge in [0.25, 0.3) is 0 Å². The van der Waals surface area contributed by atoms with Crippen molar-refractivity contribution in [3.8, 4) is 11.8 Å². The fourth-order valence-corrected chi connectivity index (χ4v) is 3.06. The van der Waals surface area contributed by atoms with Crippen LogP contribution in [0.5, 0.6) is 5.75 Å². The Morgan fingerprint density at radius 2 is 2.10 bits per heavy atom. The summed E-state index contributed by atoms with van der Waals surface area (Å²) in [4.78, 5) is 4.83. The summed E-state index contributed by atoms with van der Waals surface area (Å²) in [6.07, 6.45) is 0.993. The number of ether oxygens (including phenoxy) is 1.